The second kappa shape index (κ2) is 9.46. The van der Waals surface area contributed by atoms with Crippen molar-refractivity contribution in [2.75, 3.05) is 0 Å². The molecule has 1 aromatic rings. The smallest absolute Gasteiger partial charge is 0.315 e. The number of allylic oxidation sites excluding steroid dienone is 1. The third kappa shape index (κ3) is 6.89. The summed E-state index contributed by atoms with van der Waals surface area (Å²) >= 11 is 0. The Labute approximate surface area is 110 Å². The first-order chi connectivity index (χ1) is 8.83. The second-order valence-electron chi connectivity index (χ2n) is 4.31. The monoisotopic (exact) mass is 246 g/mol. The van der Waals surface area contributed by atoms with Crippen LogP contribution in [0.3, 0.4) is 0 Å². The summed E-state index contributed by atoms with van der Waals surface area (Å²) in [5.74, 6) is 0.407. The highest BCUT2D eigenvalue weighted by molar-refractivity contribution is 5.73. The van der Waals surface area contributed by atoms with E-state index >= 15 is 0 Å². The van der Waals surface area contributed by atoms with Crippen LogP contribution in [0.5, 0.6) is 5.75 Å². The second-order valence-corrected chi connectivity index (χ2v) is 4.31. The molecule has 0 bridgehead atoms. The Kier molecular flexibility index (Phi) is 7.61. The van der Waals surface area contributed by atoms with Crippen LogP contribution in [0.4, 0.5) is 0 Å². The first kappa shape index (κ1) is 14.5. The van der Waals surface area contributed by atoms with Gasteiger partial charge in [-0.05, 0) is 25.0 Å². The van der Waals surface area contributed by atoms with Crippen molar-refractivity contribution in [3.05, 3.63) is 42.5 Å². The molecule has 0 unspecified atom stereocenters. The Hall–Kier alpha value is -1.57. The van der Waals surface area contributed by atoms with Gasteiger partial charge < -0.3 is 4.74 Å². The fraction of sp³-hybridized carbons (Fsp3) is 0.438. The van der Waals surface area contributed by atoms with Gasteiger partial charge in [0.2, 0.25) is 0 Å². The molecule has 1 aromatic carbocycles. The van der Waals surface area contributed by atoms with Crippen LogP contribution < -0.4 is 4.74 Å². The molecule has 0 radical (unpaired) electrons. The van der Waals surface area contributed by atoms with Gasteiger partial charge in [-0.25, -0.2) is 0 Å². The van der Waals surface area contributed by atoms with Crippen molar-refractivity contribution < 1.29 is 9.53 Å². The highest BCUT2D eigenvalue weighted by Gasteiger charge is 2.00. The summed E-state index contributed by atoms with van der Waals surface area (Å²) in [4.78, 5) is 11.5. The van der Waals surface area contributed by atoms with Crippen LogP contribution in [0.25, 0.3) is 0 Å². The van der Waals surface area contributed by atoms with Gasteiger partial charge in [-0.2, -0.15) is 0 Å². The highest BCUT2D eigenvalue weighted by Crippen LogP contribution is 2.09. The van der Waals surface area contributed by atoms with Gasteiger partial charge >= 0.3 is 5.97 Å². The van der Waals surface area contributed by atoms with Crippen molar-refractivity contribution in [3.8, 4) is 5.75 Å². The Morgan fingerprint density at radius 2 is 1.89 bits per heavy atom. The quantitative estimate of drug-likeness (QED) is 0.292. The molecule has 0 aliphatic rings. The van der Waals surface area contributed by atoms with Crippen molar-refractivity contribution in [2.45, 2.75) is 45.4 Å². The molecule has 0 saturated heterocycles. The van der Waals surface area contributed by atoms with Gasteiger partial charge in [0.25, 0.3) is 0 Å². The largest absolute Gasteiger partial charge is 0.426 e. The molecule has 0 spiro atoms. The summed E-state index contributed by atoms with van der Waals surface area (Å²) in [5.41, 5.74) is 0. The Morgan fingerprint density at radius 3 is 2.61 bits per heavy atom. The zero-order valence-corrected chi connectivity index (χ0v) is 11.1. The molecule has 0 aromatic heterocycles. The minimum absolute atomic E-state index is 0.203. The van der Waals surface area contributed by atoms with Crippen molar-refractivity contribution >= 4 is 5.97 Å². The van der Waals surface area contributed by atoms with E-state index in [-0.39, 0.29) is 5.97 Å². The van der Waals surface area contributed by atoms with E-state index in [2.05, 4.69) is 13.0 Å². The van der Waals surface area contributed by atoms with Gasteiger partial charge in [0.15, 0.2) is 0 Å². The molecular weight excluding hydrogens is 224 g/mol. The summed E-state index contributed by atoms with van der Waals surface area (Å²) < 4.78 is 5.17. The number of para-hydroxylation sites is 1. The van der Waals surface area contributed by atoms with Crippen molar-refractivity contribution in [2.24, 2.45) is 0 Å². The number of carbonyl (C=O) groups is 1. The number of ether oxygens (including phenoxy) is 1. The minimum atomic E-state index is -0.203. The van der Waals surface area contributed by atoms with Crippen LogP contribution in [0.2, 0.25) is 0 Å². The number of esters is 1. The van der Waals surface area contributed by atoms with Gasteiger partial charge in [0, 0.05) is 0 Å². The van der Waals surface area contributed by atoms with Gasteiger partial charge in [-0.1, -0.05) is 56.5 Å². The van der Waals surface area contributed by atoms with E-state index in [9.17, 15) is 4.79 Å². The molecule has 0 saturated carbocycles. The average molecular weight is 246 g/mol. The molecule has 0 heterocycles. The molecule has 0 aliphatic carbocycles. The number of rotatable bonds is 8. The molecule has 0 aliphatic heterocycles. The average Bonchev–Trinajstić information content (AvgIpc) is 2.39. The van der Waals surface area contributed by atoms with Gasteiger partial charge in [-0.15, -0.1) is 0 Å². The van der Waals surface area contributed by atoms with E-state index in [1.807, 2.05) is 24.3 Å². The molecule has 2 nitrogen and oxygen atoms in total. The normalized spacial score (nSPS) is 10.7. The van der Waals surface area contributed by atoms with Crippen molar-refractivity contribution in [1.29, 1.82) is 0 Å². The van der Waals surface area contributed by atoms with Crippen molar-refractivity contribution in [1.82, 2.24) is 0 Å². The first-order valence-electron chi connectivity index (χ1n) is 6.73. The summed E-state index contributed by atoms with van der Waals surface area (Å²) in [5, 5.41) is 0. The van der Waals surface area contributed by atoms with Crippen LogP contribution in [0.1, 0.15) is 45.4 Å². The Morgan fingerprint density at radius 1 is 1.11 bits per heavy atom. The van der Waals surface area contributed by atoms with Crippen molar-refractivity contribution in [3.63, 3.8) is 0 Å². The molecule has 1 rings (SSSR count). The Bertz CT molecular complexity index is 355. The van der Waals surface area contributed by atoms with Gasteiger partial charge in [0.05, 0.1) is 6.42 Å². The molecule has 2 heteroatoms. The SMILES string of the molecule is CCCCCCC=CCC(=O)Oc1ccccc1. The standard InChI is InChI=1S/C16H22O2/c1-2-3-4-5-6-7-11-14-16(17)18-15-12-9-8-10-13-15/h7-13H,2-6,14H2,1H3. The lowest BCUT2D eigenvalue weighted by atomic mass is 10.1. The number of unbranched alkanes of at least 4 members (excludes halogenated alkanes) is 4. The number of hydrogen-bond acceptors (Lipinski definition) is 2. The van der Waals surface area contributed by atoms with Gasteiger partial charge in [0.1, 0.15) is 5.75 Å². The maximum absolute atomic E-state index is 11.5. The lowest BCUT2D eigenvalue weighted by Crippen LogP contribution is -2.05. The van der Waals surface area contributed by atoms with Crippen LogP contribution in [0, 0.1) is 0 Å². The fourth-order valence-corrected chi connectivity index (χ4v) is 1.65. The van der Waals surface area contributed by atoms with E-state index in [0.717, 1.165) is 6.42 Å². The van der Waals surface area contributed by atoms with E-state index < -0.39 is 0 Å². The van der Waals surface area contributed by atoms with E-state index in [4.69, 9.17) is 4.74 Å². The predicted molar refractivity (Wildman–Crippen MR) is 74.6 cm³/mol. The summed E-state index contributed by atoms with van der Waals surface area (Å²) in [6, 6.07) is 9.17. The van der Waals surface area contributed by atoms with E-state index in [1.54, 1.807) is 12.1 Å². The number of hydrogen-bond donors (Lipinski definition) is 0. The number of benzene rings is 1. The zero-order valence-electron chi connectivity index (χ0n) is 11.1. The summed E-state index contributed by atoms with van der Waals surface area (Å²) in [7, 11) is 0. The third-order valence-corrected chi connectivity index (χ3v) is 2.65. The molecule has 0 amide bonds. The van der Waals surface area contributed by atoms with Gasteiger partial charge in [-0.3, -0.25) is 4.79 Å². The lowest BCUT2D eigenvalue weighted by molar-refractivity contribution is -0.133. The summed E-state index contributed by atoms with van der Waals surface area (Å²) in [6.45, 7) is 2.20. The van der Waals surface area contributed by atoms with Crippen LogP contribution in [-0.4, -0.2) is 5.97 Å². The maximum Gasteiger partial charge on any atom is 0.315 e. The molecule has 0 atom stereocenters. The molecular formula is C16H22O2. The third-order valence-electron chi connectivity index (χ3n) is 2.65. The zero-order chi connectivity index (χ0) is 13.1. The number of carbonyl (C=O) groups excluding carboxylic acids is 1. The molecule has 0 N–H and O–H groups in total. The van der Waals surface area contributed by atoms with Crippen LogP contribution in [-0.2, 0) is 4.79 Å². The maximum atomic E-state index is 11.5. The molecule has 18 heavy (non-hydrogen) atoms. The predicted octanol–water partition coefficient (Wildman–Crippen LogP) is 4.51. The molecule has 98 valence electrons. The topological polar surface area (TPSA) is 26.3 Å². The van der Waals surface area contributed by atoms with Crippen LogP contribution in [0.15, 0.2) is 42.5 Å². The lowest BCUT2D eigenvalue weighted by Gasteiger charge is -2.01. The minimum Gasteiger partial charge on any atom is -0.426 e. The van der Waals surface area contributed by atoms with E-state index in [0.29, 0.717) is 12.2 Å². The molecule has 0 fully saturated rings. The first-order valence-corrected chi connectivity index (χ1v) is 6.73. The fourth-order valence-electron chi connectivity index (χ4n) is 1.65. The summed E-state index contributed by atoms with van der Waals surface area (Å²) in [6.07, 6.45) is 10.4. The van der Waals surface area contributed by atoms with Crippen LogP contribution >= 0.6 is 0 Å². The Balaban J connectivity index is 2.11. The highest BCUT2D eigenvalue weighted by atomic mass is 16.5. The van der Waals surface area contributed by atoms with E-state index in [1.165, 1.54) is 25.7 Å².